The zero-order chi connectivity index (χ0) is 13.8. The van der Waals surface area contributed by atoms with Crippen LogP contribution in [0.5, 0.6) is 0 Å². The summed E-state index contributed by atoms with van der Waals surface area (Å²) in [6.07, 6.45) is 0.781. The molecule has 1 aromatic heterocycles. The lowest BCUT2D eigenvalue weighted by Gasteiger charge is -2.19. The number of benzene rings is 1. The van der Waals surface area contributed by atoms with Gasteiger partial charge in [0, 0.05) is 27.4 Å². The van der Waals surface area contributed by atoms with Gasteiger partial charge < -0.3 is 5.32 Å². The normalized spacial score (nSPS) is 12.6. The molecule has 0 saturated heterocycles. The molecule has 0 bridgehead atoms. The fourth-order valence-electron chi connectivity index (χ4n) is 2.03. The first kappa shape index (κ1) is 15.2. The van der Waals surface area contributed by atoms with E-state index >= 15 is 0 Å². The number of likely N-dealkylation sites (N-methyl/N-ethyl adjacent to an activating group) is 1. The zero-order valence-corrected chi connectivity index (χ0v) is 14.4. The first-order valence-electron chi connectivity index (χ1n) is 6.03. The van der Waals surface area contributed by atoms with Crippen molar-refractivity contribution in [3.05, 3.63) is 54.8 Å². The van der Waals surface area contributed by atoms with Gasteiger partial charge in [-0.1, -0.05) is 28.9 Å². The van der Waals surface area contributed by atoms with Gasteiger partial charge in [0.15, 0.2) is 0 Å². The second-order valence-corrected chi connectivity index (χ2v) is 7.56. The molecule has 5 heteroatoms. The van der Waals surface area contributed by atoms with Crippen molar-refractivity contribution in [1.29, 1.82) is 0 Å². The third-order valence-corrected chi connectivity index (χ3v) is 5.17. The first-order chi connectivity index (χ1) is 9.11. The van der Waals surface area contributed by atoms with Crippen LogP contribution in [-0.2, 0) is 6.42 Å². The lowest BCUT2D eigenvalue weighted by atomic mass is 10.0. The maximum absolute atomic E-state index is 14.1. The van der Waals surface area contributed by atoms with Crippen molar-refractivity contribution in [3.63, 3.8) is 0 Å². The van der Waals surface area contributed by atoms with E-state index in [2.05, 4.69) is 43.2 Å². The van der Waals surface area contributed by atoms with Crippen LogP contribution in [0.3, 0.4) is 0 Å². The number of nitrogens with one attached hydrogen (secondary N) is 1. The summed E-state index contributed by atoms with van der Waals surface area (Å²) in [5.74, 6) is -0.170. The maximum atomic E-state index is 14.1. The van der Waals surface area contributed by atoms with Crippen LogP contribution in [0.4, 0.5) is 4.39 Å². The Morgan fingerprint density at radius 2 is 2.05 bits per heavy atom. The molecular formula is C14H14Br2FNS. The van der Waals surface area contributed by atoms with Crippen LogP contribution in [0.2, 0.25) is 0 Å². The van der Waals surface area contributed by atoms with E-state index in [9.17, 15) is 4.39 Å². The van der Waals surface area contributed by atoms with E-state index in [1.54, 1.807) is 17.4 Å². The molecule has 102 valence electrons. The fraction of sp³-hybridized carbons (Fsp3) is 0.286. The molecule has 0 spiro atoms. The van der Waals surface area contributed by atoms with E-state index in [4.69, 9.17) is 0 Å². The number of thiophene rings is 1. The van der Waals surface area contributed by atoms with Crippen molar-refractivity contribution in [2.45, 2.75) is 19.4 Å². The first-order valence-corrected chi connectivity index (χ1v) is 8.43. The number of hydrogen-bond donors (Lipinski definition) is 1. The molecule has 0 radical (unpaired) electrons. The Hall–Kier alpha value is -0.230. The number of hydrogen-bond acceptors (Lipinski definition) is 2. The molecule has 0 saturated carbocycles. The van der Waals surface area contributed by atoms with Crippen LogP contribution in [0, 0.1) is 5.82 Å². The summed E-state index contributed by atoms with van der Waals surface area (Å²) in [6.45, 7) is 2.84. The van der Waals surface area contributed by atoms with Gasteiger partial charge in [0.05, 0.1) is 3.79 Å². The van der Waals surface area contributed by atoms with Gasteiger partial charge in [-0.3, -0.25) is 0 Å². The Balaban J connectivity index is 2.29. The monoisotopic (exact) mass is 405 g/mol. The molecule has 1 heterocycles. The number of halogens is 3. The van der Waals surface area contributed by atoms with E-state index in [1.165, 1.54) is 10.9 Å². The molecule has 1 atom stereocenters. The fourth-order valence-corrected chi connectivity index (χ4v) is 4.18. The highest BCUT2D eigenvalue weighted by molar-refractivity contribution is 9.11. The van der Waals surface area contributed by atoms with Gasteiger partial charge in [0.25, 0.3) is 0 Å². The zero-order valence-electron chi connectivity index (χ0n) is 10.4. The predicted molar refractivity (Wildman–Crippen MR) is 86.2 cm³/mol. The highest BCUT2D eigenvalue weighted by Gasteiger charge is 2.19. The molecule has 19 heavy (non-hydrogen) atoms. The Kier molecular flexibility index (Phi) is 5.57. The lowest BCUT2D eigenvalue weighted by Crippen LogP contribution is -2.24. The van der Waals surface area contributed by atoms with Crippen molar-refractivity contribution in [1.82, 2.24) is 5.32 Å². The van der Waals surface area contributed by atoms with E-state index in [1.807, 2.05) is 19.1 Å². The molecule has 1 nitrogen and oxygen atoms in total. The van der Waals surface area contributed by atoms with E-state index in [0.29, 0.717) is 5.56 Å². The van der Waals surface area contributed by atoms with Crippen molar-refractivity contribution in [2.75, 3.05) is 6.54 Å². The molecule has 0 aliphatic carbocycles. The summed E-state index contributed by atoms with van der Waals surface area (Å²) in [6, 6.07) is 9.19. The Morgan fingerprint density at radius 1 is 1.26 bits per heavy atom. The van der Waals surface area contributed by atoms with Crippen LogP contribution in [0.1, 0.15) is 23.4 Å². The Labute approximate surface area is 133 Å². The maximum Gasteiger partial charge on any atom is 0.129 e. The molecule has 1 unspecified atom stereocenters. The van der Waals surface area contributed by atoms with Crippen LogP contribution in [0.15, 0.2) is 38.6 Å². The lowest BCUT2D eigenvalue weighted by molar-refractivity contribution is 0.510. The summed E-state index contributed by atoms with van der Waals surface area (Å²) in [5.41, 5.74) is 0.703. The molecule has 0 aliphatic rings. The second kappa shape index (κ2) is 6.97. The van der Waals surface area contributed by atoms with E-state index in [-0.39, 0.29) is 11.9 Å². The van der Waals surface area contributed by atoms with Gasteiger partial charge in [0.1, 0.15) is 5.82 Å². The van der Waals surface area contributed by atoms with Crippen molar-refractivity contribution in [2.24, 2.45) is 0 Å². The largest absolute Gasteiger partial charge is 0.310 e. The Morgan fingerprint density at radius 3 is 2.63 bits per heavy atom. The molecule has 0 fully saturated rings. The number of rotatable bonds is 5. The molecule has 2 rings (SSSR count). The van der Waals surface area contributed by atoms with Gasteiger partial charge >= 0.3 is 0 Å². The topological polar surface area (TPSA) is 12.0 Å². The van der Waals surface area contributed by atoms with Crippen molar-refractivity contribution in [3.8, 4) is 0 Å². The summed E-state index contributed by atoms with van der Waals surface area (Å²) in [7, 11) is 0. The minimum Gasteiger partial charge on any atom is -0.310 e. The van der Waals surface area contributed by atoms with E-state index in [0.717, 1.165) is 21.2 Å². The molecule has 0 aliphatic heterocycles. The Bertz CT molecular complexity index is 536. The molecule has 1 N–H and O–H groups in total. The molecule has 1 aromatic carbocycles. The van der Waals surface area contributed by atoms with Crippen LogP contribution in [0.25, 0.3) is 0 Å². The van der Waals surface area contributed by atoms with Gasteiger partial charge in [-0.15, -0.1) is 11.3 Å². The summed E-state index contributed by atoms with van der Waals surface area (Å²) in [5, 5.41) is 3.36. The van der Waals surface area contributed by atoms with Crippen LogP contribution in [-0.4, -0.2) is 6.54 Å². The highest BCUT2D eigenvalue weighted by atomic mass is 79.9. The SMILES string of the molecule is CCNC(Cc1ccc(Br)s1)c1c(F)cccc1Br. The van der Waals surface area contributed by atoms with Crippen molar-refractivity contribution >= 4 is 43.2 Å². The third-order valence-electron chi connectivity index (χ3n) is 2.83. The van der Waals surface area contributed by atoms with Crippen LogP contribution >= 0.6 is 43.2 Å². The smallest absolute Gasteiger partial charge is 0.129 e. The van der Waals surface area contributed by atoms with Gasteiger partial charge in [-0.05, 0) is 46.7 Å². The molecule has 0 amide bonds. The predicted octanol–water partition coefficient (Wildman–Crippen LogP) is 5.31. The van der Waals surface area contributed by atoms with Crippen molar-refractivity contribution < 1.29 is 4.39 Å². The van der Waals surface area contributed by atoms with Gasteiger partial charge in [0.2, 0.25) is 0 Å². The summed E-state index contributed by atoms with van der Waals surface area (Å²) < 4.78 is 16.0. The highest BCUT2D eigenvalue weighted by Crippen LogP contribution is 2.31. The van der Waals surface area contributed by atoms with Crippen LogP contribution < -0.4 is 5.32 Å². The summed E-state index contributed by atoms with van der Waals surface area (Å²) in [4.78, 5) is 1.23. The molecule has 2 aromatic rings. The standard InChI is InChI=1S/C14H14Br2FNS/c1-2-18-12(8-9-6-7-13(16)19-9)14-10(15)4-3-5-11(14)17/h3-7,12,18H,2,8H2,1H3. The third kappa shape index (κ3) is 3.88. The quantitative estimate of drug-likeness (QED) is 0.709. The second-order valence-electron chi connectivity index (χ2n) is 4.16. The average molecular weight is 407 g/mol. The molecular weight excluding hydrogens is 393 g/mol. The summed E-state index contributed by atoms with van der Waals surface area (Å²) >= 11 is 8.60. The minimum atomic E-state index is -0.170. The van der Waals surface area contributed by atoms with Gasteiger partial charge in [-0.25, -0.2) is 4.39 Å². The van der Waals surface area contributed by atoms with Gasteiger partial charge in [-0.2, -0.15) is 0 Å². The van der Waals surface area contributed by atoms with E-state index < -0.39 is 0 Å². The minimum absolute atomic E-state index is 0.0221. The average Bonchev–Trinajstić information content (AvgIpc) is 2.75.